The fraction of sp³-hybridized carbons (Fsp3) is 0.207. The molecular weight excluding hydrogens is 454 g/mol. The van der Waals surface area contributed by atoms with Gasteiger partial charge in [-0.05, 0) is 49.9 Å². The van der Waals surface area contributed by atoms with Gasteiger partial charge >= 0.3 is 0 Å². The van der Waals surface area contributed by atoms with E-state index in [9.17, 15) is 14.9 Å². The van der Waals surface area contributed by atoms with E-state index in [1.54, 1.807) is 0 Å². The minimum atomic E-state index is -0.466. The maximum Gasteiger partial charge on any atom is 0.264 e. The van der Waals surface area contributed by atoms with Gasteiger partial charge in [0.15, 0.2) is 0 Å². The number of nitrogens with zero attached hydrogens (tertiary/aromatic N) is 2. The molecule has 1 saturated heterocycles. The second-order valence-electron chi connectivity index (χ2n) is 8.59. The predicted molar refractivity (Wildman–Crippen MR) is 141 cm³/mol. The number of rotatable bonds is 7. The number of carbonyl (C=O) groups is 2. The molecule has 1 atom stereocenters. The average molecular weight is 482 g/mol. The van der Waals surface area contributed by atoms with Crippen molar-refractivity contribution < 1.29 is 9.59 Å². The van der Waals surface area contributed by atoms with Crippen LogP contribution in [0.2, 0.25) is 0 Å². The SMILES string of the molecule is Cc1ccc(N2C(=O)[C@H](Cc3cccc(C)c3)S/C2=C(/C#N)C(=O)NCCc2ccccc2)cc1. The lowest BCUT2D eigenvalue weighted by molar-refractivity contribution is -0.117. The van der Waals surface area contributed by atoms with Crippen LogP contribution in [0, 0.1) is 25.2 Å². The zero-order valence-electron chi connectivity index (χ0n) is 19.8. The van der Waals surface area contributed by atoms with Crippen molar-refractivity contribution in [2.45, 2.75) is 31.9 Å². The Hall–Kier alpha value is -3.82. The summed E-state index contributed by atoms with van der Waals surface area (Å²) in [5, 5.41) is 12.8. The van der Waals surface area contributed by atoms with Gasteiger partial charge in [-0.1, -0.05) is 89.6 Å². The van der Waals surface area contributed by atoms with E-state index >= 15 is 0 Å². The molecule has 0 unspecified atom stereocenters. The number of hydrogen-bond acceptors (Lipinski definition) is 4. The molecular formula is C29H27N3O2S. The quantitative estimate of drug-likeness (QED) is 0.377. The Labute approximate surface area is 210 Å². The lowest BCUT2D eigenvalue weighted by atomic mass is 10.1. The Kier molecular flexibility index (Phi) is 7.69. The van der Waals surface area contributed by atoms with Gasteiger partial charge in [-0.15, -0.1) is 0 Å². The monoisotopic (exact) mass is 481 g/mol. The van der Waals surface area contributed by atoms with Crippen molar-refractivity contribution in [3.63, 3.8) is 0 Å². The Bertz CT molecular complexity index is 1290. The van der Waals surface area contributed by atoms with Crippen LogP contribution < -0.4 is 10.2 Å². The first kappa shape index (κ1) is 24.3. The van der Waals surface area contributed by atoms with Gasteiger partial charge in [0.25, 0.3) is 5.91 Å². The summed E-state index contributed by atoms with van der Waals surface area (Å²) >= 11 is 1.29. The second-order valence-corrected chi connectivity index (χ2v) is 9.78. The minimum Gasteiger partial charge on any atom is -0.351 e. The molecule has 1 aliphatic rings. The van der Waals surface area contributed by atoms with E-state index in [-0.39, 0.29) is 11.5 Å². The molecule has 5 nitrogen and oxygen atoms in total. The number of anilines is 1. The molecule has 4 rings (SSSR count). The molecule has 3 aromatic carbocycles. The smallest absolute Gasteiger partial charge is 0.264 e. The molecule has 3 aromatic rings. The van der Waals surface area contributed by atoms with Gasteiger partial charge in [0.1, 0.15) is 16.7 Å². The zero-order valence-corrected chi connectivity index (χ0v) is 20.6. The summed E-state index contributed by atoms with van der Waals surface area (Å²) in [4.78, 5) is 28.1. The number of amides is 2. The summed E-state index contributed by atoms with van der Waals surface area (Å²) in [7, 11) is 0. The Morgan fingerprint density at radius 3 is 2.37 bits per heavy atom. The van der Waals surface area contributed by atoms with Crippen LogP contribution in [0.1, 0.15) is 22.3 Å². The number of aryl methyl sites for hydroxylation is 2. The molecule has 0 radical (unpaired) electrons. The molecule has 1 fully saturated rings. The summed E-state index contributed by atoms with van der Waals surface area (Å²) in [5.74, 6) is -0.591. The van der Waals surface area contributed by atoms with Crippen molar-refractivity contribution >= 4 is 29.3 Å². The number of carbonyl (C=O) groups excluding carboxylic acids is 2. The molecule has 6 heteroatoms. The third-order valence-electron chi connectivity index (χ3n) is 5.84. The number of benzene rings is 3. The van der Waals surface area contributed by atoms with Gasteiger partial charge in [-0.25, -0.2) is 0 Å². The van der Waals surface area contributed by atoms with Gasteiger partial charge in [0, 0.05) is 12.2 Å². The largest absolute Gasteiger partial charge is 0.351 e. The third-order valence-corrected chi connectivity index (χ3v) is 7.11. The van der Waals surface area contributed by atoms with Crippen molar-refractivity contribution in [1.29, 1.82) is 5.26 Å². The van der Waals surface area contributed by atoms with Crippen LogP contribution in [-0.2, 0) is 22.4 Å². The molecule has 0 aromatic heterocycles. The van der Waals surface area contributed by atoms with E-state index in [4.69, 9.17) is 0 Å². The van der Waals surface area contributed by atoms with E-state index in [1.807, 2.05) is 86.6 Å². The molecule has 176 valence electrons. The highest BCUT2D eigenvalue weighted by molar-refractivity contribution is 8.05. The van der Waals surface area contributed by atoms with Gasteiger partial charge in [0.05, 0.1) is 5.25 Å². The number of hydrogen-bond donors (Lipinski definition) is 1. The van der Waals surface area contributed by atoms with E-state index in [1.165, 1.54) is 16.7 Å². The minimum absolute atomic E-state index is 0.0382. The first-order valence-corrected chi connectivity index (χ1v) is 12.4. The number of nitrogens with one attached hydrogen (secondary N) is 1. The highest BCUT2D eigenvalue weighted by Crippen LogP contribution is 2.42. The maximum atomic E-state index is 13.6. The lowest BCUT2D eigenvalue weighted by Gasteiger charge is -2.19. The summed E-state index contributed by atoms with van der Waals surface area (Å²) in [6, 6.07) is 27.5. The topological polar surface area (TPSA) is 73.2 Å². The second kappa shape index (κ2) is 11.1. The number of thioether (sulfide) groups is 1. The fourth-order valence-electron chi connectivity index (χ4n) is 4.02. The molecule has 1 N–H and O–H groups in total. The highest BCUT2D eigenvalue weighted by atomic mass is 32.2. The van der Waals surface area contributed by atoms with Gasteiger partial charge in [0.2, 0.25) is 5.91 Å². The van der Waals surface area contributed by atoms with Crippen molar-refractivity contribution in [2.24, 2.45) is 0 Å². The predicted octanol–water partition coefficient (Wildman–Crippen LogP) is 5.09. The summed E-state index contributed by atoms with van der Waals surface area (Å²) in [6.07, 6.45) is 1.18. The average Bonchev–Trinajstić information content (AvgIpc) is 3.16. The molecule has 0 spiro atoms. The molecule has 0 saturated carbocycles. The van der Waals surface area contributed by atoms with Gasteiger partial charge in [-0.3, -0.25) is 14.5 Å². The standard InChI is InChI=1S/C29H27N3O2S/c1-20-11-13-24(14-12-20)32-28(34)26(18-23-10-6-7-21(2)17-23)35-29(32)25(19-30)27(33)31-16-15-22-8-4-3-5-9-22/h3-14,17,26H,15-16,18H2,1-2H3,(H,31,33)/b29-25-/t26-/m0/s1. The summed E-state index contributed by atoms with van der Waals surface area (Å²) < 4.78 is 0. The molecule has 1 heterocycles. The molecule has 1 aliphatic heterocycles. The normalized spacial score (nSPS) is 16.7. The van der Waals surface area contributed by atoms with Crippen LogP contribution in [0.25, 0.3) is 0 Å². The Balaban J connectivity index is 1.62. The summed E-state index contributed by atoms with van der Waals surface area (Å²) in [5.41, 5.74) is 4.95. The zero-order chi connectivity index (χ0) is 24.8. The van der Waals surface area contributed by atoms with Crippen molar-refractivity contribution in [3.8, 4) is 6.07 Å². The van der Waals surface area contributed by atoms with Crippen LogP contribution in [0.15, 0.2) is 89.5 Å². The van der Waals surface area contributed by atoms with Crippen molar-refractivity contribution in [1.82, 2.24) is 5.32 Å². The van der Waals surface area contributed by atoms with Crippen molar-refractivity contribution in [3.05, 3.63) is 112 Å². The fourth-order valence-corrected chi connectivity index (χ4v) is 5.33. The summed E-state index contributed by atoms with van der Waals surface area (Å²) in [6.45, 7) is 4.39. The van der Waals surface area contributed by atoms with E-state index in [0.29, 0.717) is 30.1 Å². The Morgan fingerprint density at radius 1 is 0.971 bits per heavy atom. The van der Waals surface area contributed by atoms with Crippen LogP contribution >= 0.6 is 11.8 Å². The molecule has 2 amide bonds. The van der Waals surface area contributed by atoms with Gasteiger partial charge < -0.3 is 5.32 Å². The molecule has 0 bridgehead atoms. The van der Waals surface area contributed by atoms with Crippen molar-refractivity contribution in [2.75, 3.05) is 11.4 Å². The maximum absolute atomic E-state index is 13.6. The highest BCUT2D eigenvalue weighted by Gasteiger charge is 2.40. The first-order chi connectivity index (χ1) is 17.0. The van der Waals surface area contributed by atoms with E-state index < -0.39 is 11.2 Å². The van der Waals surface area contributed by atoms with Crippen LogP contribution in [-0.4, -0.2) is 23.6 Å². The van der Waals surface area contributed by atoms with Crippen LogP contribution in [0.3, 0.4) is 0 Å². The van der Waals surface area contributed by atoms with E-state index in [2.05, 4.69) is 17.5 Å². The third kappa shape index (κ3) is 5.82. The first-order valence-electron chi connectivity index (χ1n) is 11.6. The van der Waals surface area contributed by atoms with Crippen LogP contribution in [0.5, 0.6) is 0 Å². The lowest BCUT2D eigenvalue weighted by Crippen LogP contribution is -2.32. The number of nitriles is 1. The van der Waals surface area contributed by atoms with E-state index in [0.717, 1.165) is 22.3 Å². The van der Waals surface area contributed by atoms with Crippen LogP contribution in [0.4, 0.5) is 5.69 Å². The van der Waals surface area contributed by atoms with Gasteiger partial charge in [-0.2, -0.15) is 5.26 Å². The molecule has 35 heavy (non-hydrogen) atoms. The molecule has 0 aliphatic carbocycles. The Morgan fingerprint density at radius 2 is 1.69 bits per heavy atom.